The molecule has 1 aliphatic heterocycles. The lowest BCUT2D eigenvalue weighted by molar-refractivity contribution is 0.102. The number of piperazine rings is 1. The predicted octanol–water partition coefficient (Wildman–Crippen LogP) is 1.91. The van der Waals surface area contributed by atoms with E-state index >= 15 is 0 Å². The lowest BCUT2D eigenvalue weighted by Gasteiger charge is -2.37. The van der Waals surface area contributed by atoms with Crippen LogP contribution < -0.4 is 10.2 Å². The van der Waals surface area contributed by atoms with Crippen molar-refractivity contribution < 1.29 is 9.82 Å². The molecule has 0 unspecified atom stereocenters. The number of carbonyl (C=O) groups excluding carboxylic acids is 1. The van der Waals surface area contributed by atoms with Crippen molar-refractivity contribution in [3.05, 3.63) is 60.9 Å². The van der Waals surface area contributed by atoms with Crippen LogP contribution in [0.3, 0.4) is 0 Å². The van der Waals surface area contributed by atoms with Crippen molar-refractivity contribution in [1.29, 1.82) is 0 Å². The number of imidazole rings is 1. The van der Waals surface area contributed by atoms with Gasteiger partial charge in [-0.3, -0.25) is 9.78 Å². The third-order valence-electron chi connectivity index (χ3n) is 6.10. The number of anilines is 2. The molecule has 2 N–H and O–H groups in total. The van der Waals surface area contributed by atoms with E-state index in [4.69, 9.17) is 0 Å². The van der Waals surface area contributed by atoms with Crippen molar-refractivity contribution in [2.75, 3.05) is 36.4 Å². The molecule has 1 aromatic carbocycles. The molecule has 0 spiro atoms. The number of nitrogens with one attached hydrogen (secondary N) is 1. The van der Waals surface area contributed by atoms with Crippen molar-refractivity contribution >= 4 is 35.4 Å². The van der Waals surface area contributed by atoms with E-state index in [0.717, 1.165) is 48.5 Å². The van der Waals surface area contributed by atoms with Crippen LogP contribution in [0, 0.1) is 0 Å². The maximum atomic E-state index is 13.1. The molecule has 5 rings (SSSR count). The van der Waals surface area contributed by atoms with Gasteiger partial charge in [-0.05, 0) is 37.2 Å². The molecule has 0 atom stereocenters. The van der Waals surface area contributed by atoms with Crippen LogP contribution in [-0.4, -0.2) is 73.5 Å². The highest BCUT2D eigenvalue weighted by Gasteiger charge is 2.24. The van der Waals surface area contributed by atoms with Crippen LogP contribution in [0.25, 0.3) is 22.4 Å². The number of nitrogens with zero attached hydrogens (tertiary/aromatic N) is 7. The summed E-state index contributed by atoms with van der Waals surface area (Å²) in [5, 5.41) is 12.8. The second-order valence-electron chi connectivity index (χ2n) is 8.33. The third kappa shape index (κ3) is 4.35. The normalized spacial score (nSPS) is 14.4. The van der Waals surface area contributed by atoms with Crippen molar-refractivity contribution in [3.8, 4) is 11.4 Å². The molecule has 0 bridgehead atoms. The number of carbonyl (C=O) groups is 1. The van der Waals surface area contributed by atoms with E-state index < -0.39 is 7.05 Å². The van der Waals surface area contributed by atoms with Gasteiger partial charge in [0.15, 0.2) is 5.82 Å². The minimum absolute atomic E-state index is 0.264. The van der Waals surface area contributed by atoms with Gasteiger partial charge in [0, 0.05) is 51.2 Å². The van der Waals surface area contributed by atoms with Crippen LogP contribution in [0.2, 0.25) is 6.82 Å². The highest BCUT2D eigenvalue weighted by atomic mass is 16.2. The number of benzene rings is 1. The molecular weight excluding hydrogens is 431 g/mol. The van der Waals surface area contributed by atoms with E-state index in [-0.39, 0.29) is 11.6 Å². The summed E-state index contributed by atoms with van der Waals surface area (Å²) in [6.45, 7) is 4.74. The Balaban J connectivity index is 1.35. The highest BCUT2D eigenvalue weighted by molar-refractivity contribution is 6.45. The largest absolute Gasteiger partial charge is 0.437 e. The number of hydrogen-bond acceptors (Lipinski definition) is 8. The Hall–Kier alpha value is -3.83. The molecule has 1 amide bonds. The van der Waals surface area contributed by atoms with Gasteiger partial charge in [-0.2, -0.15) is 0 Å². The topological polar surface area (TPSA) is 112 Å². The van der Waals surface area contributed by atoms with Crippen molar-refractivity contribution in [2.45, 2.75) is 6.82 Å². The molecule has 0 radical (unpaired) electrons. The Morgan fingerprint density at radius 3 is 2.71 bits per heavy atom. The number of pyridine rings is 1. The minimum atomic E-state index is -0.468. The maximum absolute atomic E-state index is 13.1. The van der Waals surface area contributed by atoms with Gasteiger partial charge in [-0.15, -0.1) is 0 Å². The van der Waals surface area contributed by atoms with E-state index in [2.05, 4.69) is 30.2 Å². The SMILES string of the molecule is CB(O)N1CCN(c2ccncc2NC(=O)c2ccnc(-c3ccc4c(c3)ncn4C)n2)CC1. The quantitative estimate of drug-likeness (QED) is 0.438. The third-order valence-corrected chi connectivity index (χ3v) is 6.10. The first-order chi connectivity index (χ1) is 16.5. The van der Waals surface area contributed by atoms with Crippen LogP contribution in [0.5, 0.6) is 0 Å². The van der Waals surface area contributed by atoms with Crippen LogP contribution in [0.15, 0.2) is 55.2 Å². The Labute approximate surface area is 197 Å². The van der Waals surface area contributed by atoms with Crippen LogP contribution in [-0.2, 0) is 7.05 Å². The number of rotatable bonds is 5. The Morgan fingerprint density at radius 2 is 1.91 bits per heavy atom. The summed E-state index contributed by atoms with van der Waals surface area (Å²) in [6.07, 6.45) is 6.70. The van der Waals surface area contributed by atoms with E-state index in [1.165, 1.54) is 0 Å². The van der Waals surface area contributed by atoms with E-state index in [0.29, 0.717) is 11.5 Å². The van der Waals surface area contributed by atoms with Gasteiger partial charge in [0.25, 0.3) is 5.91 Å². The smallest absolute Gasteiger partial charge is 0.376 e. The number of fused-ring (bicyclic) bond motifs is 1. The van der Waals surface area contributed by atoms with Gasteiger partial charge in [-0.25, -0.2) is 15.0 Å². The Bertz CT molecular complexity index is 1330. The average molecular weight is 456 g/mol. The molecule has 4 aromatic rings. The molecule has 1 saturated heterocycles. The molecule has 172 valence electrons. The maximum Gasteiger partial charge on any atom is 0.376 e. The van der Waals surface area contributed by atoms with Gasteiger partial charge < -0.3 is 24.6 Å². The first kappa shape index (κ1) is 22.0. The molecule has 3 aromatic heterocycles. The van der Waals surface area contributed by atoms with E-state index in [1.54, 1.807) is 37.8 Å². The first-order valence-electron chi connectivity index (χ1n) is 11.2. The predicted molar refractivity (Wildman–Crippen MR) is 132 cm³/mol. The summed E-state index contributed by atoms with van der Waals surface area (Å²) in [5.74, 6) is 0.125. The molecule has 4 heterocycles. The van der Waals surface area contributed by atoms with Gasteiger partial charge in [0.2, 0.25) is 0 Å². The van der Waals surface area contributed by atoms with Crippen molar-refractivity contribution in [3.63, 3.8) is 0 Å². The second-order valence-corrected chi connectivity index (χ2v) is 8.33. The fraction of sp³-hybridized carbons (Fsp3) is 0.261. The van der Waals surface area contributed by atoms with Gasteiger partial charge in [0.1, 0.15) is 5.69 Å². The molecular formula is C23H25BN8O2. The van der Waals surface area contributed by atoms with Crippen LogP contribution in [0.1, 0.15) is 10.5 Å². The van der Waals surface area contributed by atoms with Gasteiger partial charge in [0.05, 0.1) is 34.9 Å². The van der Waals surface area contributed by atoms with Crippen LogP contribution in [0.4, 0.5) is 11.4 Å². The van der Waals surface area contributed by atoms with Crippen molar-refractivity contribution in [1.82, 2.24) is 29.3 Å². The number of hydrogen-bond donors (Lipinski definition) is 2. The molecule has 11 heteroatoms. The van der Waals surface area contributed by atoms with E-state index in [1.807, 2.05) is 40.7 Å². The Kier molecular flexibility index (Phi) is 5.95. The zero-order valence-electron chi connectivity index (χ0n) is 19.1. The molecule has 1 fully saturated rings. The number of aromatic nitrogens is 5. The monoisotopic (exact) mass is 456 g/mol. The van der Waals surface area contributed by atoms with Gasteiger partial charge >= 0.3 is 7.05 Å². The summed E-state index contributed by atoms with van der Waals surface area (Å²) in [7, 11) is 1.47. The summed E-state index contributed by atoms with van der Waals surface area (Å²) < 4.78 is 1.94. The minimum Gasteiger partial charge on any atom is -0.437 e. The summed E-state index contributed by atoms with van der Waals surface area (Å²) in [6, 6.07) is 9.29. The standard InChI is InChI=1S/C23H25BN8O2/c1-24(34)32-11-9-31(10-12-32)21-6-7-25-14-19(21)29-23(33)17-5-8-26-22(28-17)16-3-4-20-18(13-16)27-15-30(20)2/h3-8,13-15,34H,9-12H2,1-2H3,(H,29,33). The summed E-state index contributed by atoms with van der Waals surface area (Å²) in [4.78, 5) is 34.7. The molecule has 0 aliphatic carbocycles. The number of aryl methyl sites for hydroxylation is 1. The average Bonchev–Trinajstić information content (AvgIpc) is 3.24. The highest BCUT2D eigenvalue weighted by Crippen LogP contribution is 2.27. The molecule has 34 heavy (non-hydrogen) atoms. The molecule has 0 saturated carbocycles. The number of amides is 1. The lowest BCUT2D eigenvalue weighted by atomic mass is 9.84. The Morgan fingerprint density at radius 1 is 1.09 bits per heavy atom. The zero-order chi connectivity index (χ0) is 23.7. The zero-order valence-corrected chi connectivity index (χ0v) is 19.1. The summed E-state index contributed by atoms with van der Waals surface area (Å²) in [5.41, 5.74) is 4.42. The summed E-state index contributed by atoms with van der Waals surface area (Å²) >= 11 is 0. The molecule has 1 aliphatic rings. The van der Waals surface area contributed by atoms with Crippen molar-refractivity contribution in [2.24, 2.45) is 7.05 Å². The van der Waals surface area contributed by atoms with Gasteiger partial charge in [-0.1, -0.05) is 0 Å². The lowest BCUT2D eigenvalue weighted by Crippen LogP contribution is -2.51. The first-order valence-corrected chi connectivity index (χ1v) is 11.2. The molecule has 10 nitrogen and oxygen atoms in total. The second kappa shape index (κ2) is 9.20. The van der Waals surface area contributed by atoms with Crippen LogP contribution >= 0.6 is 0 Å². The fourth-order valence-electron chi connectivity index (χ4n) is 4.18. The fourth-order valence-corrected chi connectivity index (χ4v) is 4.18. The van der Waals surface area contributed by atoms with E-state index in [9.17, 15) is 9.82 Å².